The van der Waals surface area contributed by atoms with Gasteiger partial charge in [-0.15, -0.1) is 11.3 Å². The van der Waals surface area contributed by atoms with Crippen LogP contribution in [0.5, 0.6) is 0 Å². The highest BCUT2D eigenvalue weighted by Crippen LogP contribution is 2.34. The Morgan fingerprint density at radius 3 is 2.44 bits per heavy atom. The van der Waals surface area contributed by atoms with Crippen LogP contribution >= 0.6 is 11.3 Å². The van der Waals surface area contributed by atoms with Crippen molar-refractivity contribution in [3.8, 4) is 10.6 Å². The van der Waals surface area contributed by atoms with Crippen LogP contribution in [0.2, 0.25) is 0 Å². The van der Waals surface area contributed by atoms with Gasteiger partial charge in [0.1, 0.15) is 5.01 Å². The summed E-state index contributed by atoms with van der Waals surface area (Å²) in [6, 6.07) is 4.00. The van der Waals surface area contributed by atoms with Gasteiger partial charge in [-0.05, 0) is 25.1 Å². The van der Waals surface area contributed by atoms with E-state index >= 15 is 0 Å². The molecular formula is C14H19N3S. The molecule has 0 radical (unpaired) electrons. The molecule has 0 aliphatic heterocycles. The highest BCUT2D eigenvalue weighted by Gasteiger charge is 2.23. The van der Waals surface area contributed by atoms with Crippen LogP contribution in [0.1, 0.15) is 31.3 Å². The molecule has 0 saturated heterocycles. The molecule has 0 amide bonds. The number of nitrogens with two attached hydrogens (primary N) is 1. The third kappa shape index (κ3) is 2.76. The van der Waals surface area contributed by atoms with Gasteiger partial charge < -0.3 is 5.73 Å². The third-order valence-electron chi connectivity index (χ3n) is 2.71. The molecule has 0 spiro atoms. The number of rotatable bonds is 3. The Morgan fingerprint density at radius 2 is 1.89 bits per heavy atom. The fourth-order valence-corrected chi connectivity index (χ4v) is 3.15. The van der Waals surface area contributed by atoms with E-state index in [1.54, 1.807) is 23.7 Å². The first-order valence-electron chi connectivity index (χ1n) is 6.13. The Balaban J connectivity index is 2.46. The van der Waals surface area contributed by atoms with Crippen molar-refractivity contribution in [1.82, 2.24) is 9.97 Å². The van der Waals surface area contributed by atoms with Crippen molar-refractivity contribution >= 4 is 11.3 Å². The predicted molar refractivity (Wildman–Crippen MR) is 76.8 cm³/mol. The molecule has 3 nitrogen and oxygen atoms in total. The minimum Gasteiger partial charge on any atom is -0.330 e. The van der Waals surface area contributed by atoms with Crippen LogP contribution in [0.3, 0.4) is 0 Å². The van der Waals surface area contributed by atoms with Crippen molar-refractivity contribution in [3.05, 3.63) is 35.1 Å². The lowest BCUT2D eigenvalue weighted by Crippen LogP contribution is -2.15. The van der Waals surface area contributed by atoms with Gasteiger partial charge in [0, 0.05) is 28.2 Å². The summed E-state index contributed by atoms with van der Waals surface area (Å²) in [6.45, 7) is 7.25. The molecule has 0 fully saturated rings. The summed E-state index contributed by atoms with van der Waals surface area (Å²) in [5.41, 5.74) is 8.05. The molecule has 2 rings (SSSR count). The maximum atomic E-state index is 5.69. The number of pyridine rings is 1. The molecule has 2 N–H and O–H groups in total. The number of thiazole rings is 1. The first-order chi connectivity index (χ1) is 8.52. The van der Waals surface area contributed by atoms with Gasteiger partial charge in [0.2, 0.25) is 0 Å². The van der Waals surface area contributed by atoms with E-state index in [9.17, 15) is 0 Å². The molecule has 0 aromatic carbocycles. The van der Waals surface area contributed by atoms with Gasteiger partial charge in [-0.3, -0.25) is 4.98 Å². The summed E-state index contributed by atoms with van der Waals surface area (Å²) in [7, 11) is 0. The minimum atomic E-state index is 0.0618. The van der Waals surface area contributed by atoms with E-state index in [1.165, 1.54) is 10.6 Å². The second-order valence-electron chi connectivity index (χ2n) is 5.32. The van der Waals surface area contributed by atoms with Crippen LogP contribution in [0.4, 0.5) is 0 Å². The fourth-order valence-electron chi connectivity index (χ4n) is 1.86. The van der Waals surface area contributed by atoms with Crippen LogP contribution in [0.25, 0.3) is 10.6 Å². The largest absolute Gasteiger partial charge is 0.330 e. The van der Waals surface area contributed by atoms with E-state index in [0.717, 1.165) is 17.0 Å². The van der Waals surface area contributed by atoms with Gasteiger partial charge in [-0.2, -0.15) is 0 Å². The quantitative estimate of drug-likeness (QED) is 0.924. The second kappa shape index (κ2) is 5.16. The zero-order valence-electron chi connectivity index (χ0n) is 11.1. The summed E-state index contributed by atoms with van der Waals surface area (Å²) in [6.07, 6.45) is 4.50. The Morgan fingerprint density at radius 1 is 1.22 bits per heavy atom. The van der Waals surface area contributed by atoms with Crippen molar-refractivity contribution in [3.63, 3.8) is 0 Å². The Hall–Kier alpha value is -1.26. The lowest BCUT2D eigenvalue weighted by Gasteiger charge is -2.17. The smallest absolute Gasteiger partial charge is 0.124 e. The molecule has 2 aromatic heterocycles. The molecule has 96 valence electrons. The van der Waals surface area contributed by atoms with Crippen molar-refractivity contribution in [2.24, 2.45) is 5.73 Å². The van der Waals surface area contributed by atoms with Crippen LogP contribution in [0.15, 0.2) is 24.5 Å². The maximum Gasteiger partial charge on any atom is 0.124 e. The zero-order chi connectivity index (χ0) is 13.2. The van der Waals surface area contributed by atoms with Gasteiger partial charge in [0.25, 0.3) is 0 Å². The maximum absolute atomic E-state index is 5.69. The molecular weight excluding hydrogens is 242 g/mol. The topological polar surface area (TPSA) is 51.8 Å². The van der Waals surface area contributed by atoms with E-state index in [-0.39, 0.29) is 5.41 Å². The second-order valence-corrected chi connectivity index (χ2v) is 6.40. The van der Waals surface area contributed by atoms with Crippen molar-refractivity contribution < 1.29 is 0 Å². The summed E-state index contributed by atoms with van der Waals surface area (Å²) >= 11 is 1.75. The lowest BCUT2D eigenvalue weighted by molar-refractivity contribution is 0.566. The zero-order valence-corrected chi connectivity index (χ0v) is 11.9. The molecule has 2 heterocycles. The van der Waals surface area contributed by atoms with E-state index < -0.39 is 0 Å². The van der Waals surface area contributed by atoms with Crippen LogP contribution < -0.4 is 5.73 Å². The Labute approximate surface area is 112 Å². The molecule has 0 bridgehead atoms. The lowest BCUT2D eigenvalue weighted by atomic mass is 9.91. The van der Waals surface area contributed by atoms with Gasteiger partial charge in [0.05, 0.1) is 5.69 Å². The highest BCUT2D eigenvalue weighted by molar-refractivity contribution is 7.15. The van der Waals surface area contributed by atoms with Gasteiger partial charge in [-0.1, -0.05) is 20.8 Å². The van der Waals surface area contributed by atoms with E-state index in [1.807, 2.05) is 12.1 Å². The van der Waals surface area contributed by atoms with Crippen LogP contribution in [-0.4, -0.2) is 16.5 Å². The van der Waals surface area contributed by atoms with Gasteiger partial charge >= 0.3 is 0 Å². The summed E-state index contributed by atoms with van der Waals surface area (Å²) in [5, 5.41) is 1.06. The molecule has 18 heavy (non-hydrogen) atoms. The number of nitrogens with zero attached hydrogens (tertiary/aromatic N) is 2. The van der Waals surface area contributed by atoms with Crippen molar-refractivity contribution in [2.75, 3.05) is 6.54 Å². The summed E-state index contributed by atoms with van der Waals surface area (Å²) in [4.78, 5) is 10.2. The van der Waals surface area contributed by atoms with Crippen LogP contribution in [0, 0.1) is 0 Å². The normalized spacial score (nSPS) is 11.8. The van der Waals surface area contributed by atoms with E-state index in [2.05, 4.69) is 25.8 Å². The average Bonchev–Trinajstić information content (AvgIpc) is 2.75. The van der Waals surface area contributed by atoms with Crippen molar-refractivity contribution in [2.45, 2.75) is 32.6 Å². The highest BCUT2D eigenvalue weighted by atomic mass is 32.1. The SMILES string of the molecule is CC(C)(C)c1nc(-c2ccncc2)sc1CCN. The van der Waals surface area contributed by atoms with Gasteiger partial charge in [0.15, 0.2) is 0 Å². The number of aromatic nitrogens is 2. The first kappa shape index (κ1) is 13.2. The molecule has 0 atom stereocenters. The molecule has 4 heteroatoms. The predicted octanol–water partition coefficient (Wildman–Crippen LogP) is 3.00. The molecule has 0 aliphatic rings. The van der Waals surface area contributed by atoms with Crippen molar-refractivity contribution in [1.29, 1.82) is 0 Å². The Bertz CT molecular complexity index is 512. The van der Waals surface area contributed by atoms with Crippen LogP contribution in [-0.2, 0) is 11.8 Å². The average molecular weight is 261 g/mol. The Kier molecular flexibility index (Phi) is 3.78. The number of hydrogen-bond acceptors (Lipinski definition) is 4. The van der Waals surface area contributed by atoms with E-state index in [4.69, 9.17) is 10.7 Å². The van der Waals surface area contributed by atoms with Gasteiger partial charge in [-0.25, -0.2) is 4.98 Å². The summed E-state index contributed by atoms with van der Waals surface area (Å²) < 4.78 is 0. The van der Waals surface area contributed by atoms with E-state index in [0.29, 0.717) is 6.54 Å². The minimum absolute atomic E-state index is 0.0618. The fraction of sp³-hybridized carbons (Fsp3) is 0.429. The standard InChI is InChI=1S/C14H19N3S/c1-14(2,3)12-11(4-7-15)18-13(17-12)10-5-8-16-9-6-10/h5-6,8-9H,4,7,15H2,1-3H3. The number of hydrogen-bond donors (Lipinski definition) is 1. The third-order valence-corrected chi connectivity index (χ3v) is 3.87. The molecule has 0 saturated carbocycles. The first-order valence-corrected chi connectivity index (χ1v) is 6.94. The molecule has 0 unspecified atom stereocenters. The molecule has 2 aromatic rings. The monoisotopic (exact) mass is 261 g/mol. The summed E-state index contributed by atoms with van der Waals surface area (Å²) in [5.74, 6) is 0. The molecule has 0 aliphatic carbocycles.